The third-order valence-electron chi connectivity index (χ3n) is 4.80. The van der Waals surface area contributed by atoms with Gasteiger partial charge in [-0.3, -0.25) is 4.79 Å². The standard InChI is InChI=1S/C23H24O9/c1-26-15-7-6-13(9-16(15)32-12-19(24)28-3)8-14-11-31-17-10-18(27-2)22(29-4)23(30-5)20(17)21(14)25/h6-10H,11-12H2,1-5H3. The van der Waals surface area contributed by atoms with Gasteiger partial charge in [0.25, 0.3) is 0 Å². The number of carbonyl (C=O) groups excluding carboxylic acids is 2. The molecule has 0 atom stereocenters. The lowest BCUT2D eigenvalue weighted by atomic mass is 9.96. The first-order valence-electron chi connectivity index (χ1n) is 9.56. The van der Waals surface area contributed by atoms with E-state index in [0.717, 1.165) is 0 Å². The van der Waals surface area contributed by atoms with Crippen LogP contribution in [0.4, 0.5) is 0 Å². The minimum absolute atomic E-state index is 0.0504. The molecular formula is C23H24O9. The van der Waals surface area contributed by atoms with Gasteiger partial charge in [-0.25, -0.2) is 4.79 Å². The maximum atomic E-state index is 13.3. The molecule has 0 aromatic heterocycles. The van der Waals surface area contributed by atoms with E-state index in [1.807, 2.05) is 0 Å². The van der Waals surface area contributed by atoms with Crippen molar-refractivity contribution in [2.24, 2.45) is 0 Å². The summed E-state index contributed by atoms with van der Waals surface area (Å²) in [6.45, 7) is -0.226. The minimum atomic E-state index is -0.528. The predicted molar refractivity (Wildman–Crippen MR) is 114 cm³/mol. The number of benzene rings is 2. The molecule has 0 N–H and O–H groups in total. The highest BCUT2D eigenvalue weighted by Crippen LogP contribution is 2.47. The number of hydrogen-bond acceptors (Lipinski definition) is 9. The van der Waals surface area contributed by atoms with Crippen LogP contribution in [-0.2, 0) is 9.53 Å². The van der Waals surface area contributed by atoms with Crippen LogP contribution in [0.5, 0.6) is 34.5 Å². The van der Waals surface area contributed by atoms with Crippen LogP contribution in [0.15, 0.2) is 29.8 Å². The van der Waals surface area contributed by atoms with Crippen LogP contribution in [0.3, 0.4) is 0 Å². The molecule has 3 rings (SSSR count). The third-order valence-corrected chi connectivity index (χ3v) is 4.80. The van der Waals surface area contributed by atoms with Crippen LogP contribution >= 0.6 is 0 Å². The van der Waals surface area contributed by atoms with E-state index in [9.17, 15) is 9.59 Å². The maximum Gasteiger partial charge on any atom is 0.343 e. The second-order valence-electron chi connectivity index (χ2n) is 6.58. The Morgan fingerprint density at radius 1 is 0.938 bits per heavy atom. The summed E-state index contributed by atoms with van der Waals surface area (Å²) in [4.78, 5) is 24.7. The Balaban J connectivity index is 1.98. The number of Topliss-reactive ketones (excluding diaryl/α,β-unsaturated/α-hetero) is 1. The summed E-state index contributed by atoms with van der Waals surface area (Å²) in [5.74, 6) is 1.25. The second-order valence-corrected chi connectivity index (χ2v) is 6.58. The summed E-state index contributed by atoms with van der Waals surface area (Å²) in [6, 6.07) is 6.68. The summed E-state index contributed by atoms with van der Waals surface area (Å²) in [6.07, 6.45) is 1.67. The fourth-order valence-corrected chi connectivity index (χ4v) is 3.24. The molecule has 32 heavy (non-hydrogen) atoms. The van der Waals surface area contributed by atoms with Crippen molar-refractivity contribution in [2.75, 3.05) is 48.8 Å². The molecule has 0 radical (unpaired) electrons. The summed E-state index contributed by atoms with van der Waals surface area (Å²) in [7, 11) is 7.16. The molecule has 0 unspecified atom stereocenters. The van der Waals surface area contributed by atoms with Crippen LogP contribution in [0.1, 0.15) is 15.9 Å². The number of fused-ring (bicyclic) bond motifs is 1. The van der Waals surface area contributed by atoms with Gasteiger partial charge in [0, 0.05) is 11.6 Å². The Kier molecular flexibility index (Phi) is 7.09. The molecule has 170 valence electrons. The number of ether oxygens (including phenoxy) is 7. The van der Waals surface area contributed by atoms with Crippen LogP contribution in [0.25, 0.3) is 6.08 Å². The number of methoxy groups -OCH3 is 5. The molecule has 9 nitrogen and oxygen atoms in total. The van der Waals surface area contributed by atoms with E-state index in [4.69, 9.17) is 28.4 Å². The molecule has 0 aliphatic carbocycles. The number of rotatable bonds is 8. The van der Waals surface area contributed by atoms with Gasteiger partial charge in [0.05, 0.1) is 35.5 Å². The van der Waals surface area contributed by atoms with Crippen LogP contribution < -0.4 is 28.4 Å². The van der Waals surface area contributed by atoms with Crippen molar-refractivity contribution in [2.45, 2.75) is 0 Å². The Morgan fingerprint density at radius 3 is 2.28 bits per heavy atom. The quantitative estimate of drug-likeness (QED) is 0.449. The lowest BCUT2D eigenvalue weighted by molar-refractivity contribution is -0.142. The molecule has 0 amide bonds. The van der Waals surface area contributed by atoms with E-state index in [0.29, 0.717) is 39.9 Å². The largest absolute Gasteiger partial charge is 0.493 e. The average molecular weight is 444 g/mol. The summed E-state index contributed by atoms with van der Waals surface area (Å²) in [5, 5.41) is 0. The Morgan fingerprint density at radius 2 is 1.66 bits per heavy atom. The van der Waals surface area contributed by atoms with E-state index < -0.39 is 5.97 Å². The fourth-order valence-electron chi connectivity index (χ4n) is 3.24. The molecule has 0 bridgehead atoms. The Bertz CT molecular complexity index is 1060. The summed E-state index contributed by atoms with van der Waals surface area (Å²) < 4.78 is 37.3. The van der Waals surface area contributed by atoms with Gasteiger partial charge >= 0.3 is 5.97 Å². The Hall–Kier alpha value is -3.88. The lowest BCUT2D eigenvalue weighted by Crippen LogP contribution is -2.20. The third kappa shape index (κ3) is 4.41. The van der Waals surface area contributed by atoms with E-state index in [-0.39, 0.29) is 30.3 Å². The average Bonchev–Trinajstić information content (AvgIpc) is 2.82. The molecule has 1 aliphatic rings. The fraction of sp³-hybridized carbons (Fsp3) is 0.304. The first-order chi connectivity index (χ1) is 15.5. The molecule has 2 aromatic carbocycles. The van der Waals surface area contributed by atoms with Gasteiger partial charge in [-0.1, -0.05) is 6.07 Å². The number of hydrogen-bond donors (Lipinski definition) is 0. The van der Waals surface area contributed by atoms with Gasteiger partial charge < -0.3 is 33.2 Å². The zero-order chi connectivity index (χ0) is 23.3. The van der Waals surface area contributed by atoms with Gasteiger partial charge in [0.2, 0.25) is 5.75 Å². The highest BCUT2D eigenvalue weighted by Gasteiger charge is 2.32. The van der Waals surface area contributed by atoms with Gasteiger partial charge in [-0.05, 0) is 23.8 Å². The predicted octanol–water partition coefficient (Wildman–Crippen LogP) is 2.93. The van der Waals surface area contributed by atoms with Gasteiger partial charge in [0.1, 0.15) is 17.9 Å². The summed E-state index contributed by atoms with van der Waals surface area (Å²) >= 11 is 0. The van der Waals surface area contributed by atoms with Crippen molar-refractivity contribution in [3.63, 3.8) is 0 Å². The van der Waals surface area contributed by atoms with E-state index in [2.05, 4.69) is 4.74 Å². The molecule has 0 spiro atoms. The topological polar surface area (TPSA) is 98.8 Å². The smallest absolute Gasteiger partial charge is 0.343 e. The zero-order valence-corrected chi connectivity index (χ0v) is 18.5. The van der Waals surface area contributed by atoms with Crippen LogP contribution in [-0.4, -0.2) is 60.5 Å². The van der Waals surface area contributed by atoms with Crippen molar-refractivity contribution in [1.82, 2.24) is 0 Å². The lowest BCUT2D eigenvalue weighted by Gasteiger charge is -2.23. The Labute approximate surface area is 185 Å². The van der Waals surface area contributed by atoms with Crippen LogP contribution in [0.2, 0.25) is 0 Å². The molecular weight excluding hydrogens is 420 g/mol. The van der Waals surface area contributed by atoms with Crippen molar-refractivity contribution < 1.29 is 42.7 Å². The van der Waals surface area contributed by atoms with Crippen molar-refractivity contribution in [1.29, 1.82) is 0 Å². The summed E-state index contributed by atoms with van der Waals surface area (Å²) in [5.41, 5.74) is 1.30. The van der Waals surface area contributed by atoms with Crippen molar-refractivity contribution in [3.05, 3.63) is 41.0 Å². The minimum Gasteiger partial charge on any atom is -0.493 e. The number of esters is 1. The van der Waals surface area contributed by atoms with E-state index >= 15 is 0 Å². The highest BCUT2D eigenvalue weighted by atomic mass is 16.6. The molecule has 1 heterocycles. The number of carbonyl (C=O) groups is 2. The molecule has 9 heteroatoms. The molecule has 0 saturated heterocycles. The van der Waals surface area contributed by atoms with E-state index in [1.165, 1.54) is 35.5 Å². The van der Waals surface area contributed by atoms with Crippen molar-refractivity contribution in [3.8, 4) is 34.5 Å². The highest BCUT2D eigenvalue weighted by molar-refractivity contribution is 6.16. The zero-order valence-electron chi connectivity index (χ0n) is 18.5. The first-order valence-corrected chi connectivity index (χ1v) is 9.56. The van der Waals surface area contributed by atoms with Crippen LogP contribution in [0, 0.1) is 0 Å². The van der Waals surface area contributed by atoms with Crippen molar-refractivity contribution >= 4 is 17.8 Å². The molecule has 0 saturated carbocycles. The normalized spacial score (nSPS) is 13.7. The molecule has 2 aromatic rings. The second kappa shape index (κ2) is 9.95. The van der Waals surface area contributed by atoms with Gasteiger partial charge in [-0.2, -0.15) is 0 Å². The van der Waals surface area contributed by atoms with Gasteiger partial charge in [0.15, 0.2) is 35.4 Å². The van der Waals surface area contributed by atoms with E-state index in [1.54, 1.807) is 30.3 Å². The monoisotopic (exact) mass is 444 g/mol. The first kappa shape index (κ1) is 22.8. The van der Waals surface area contributed by atoms with Gasteiger partial charge in [-0.15, -0.1) is 0 Å². The molecule has 1 aliphatic heterocycles. The number of ketones is 1. The maximum absolute atomic E-state index is 13.3. The SMILES string of the molecule is COC(=O)COc1cc(C=C2COc3cc(OC)c(OC)c(OC)c3C2=O)ccc1OC. The molecule has 0 fully saturated rings.